The molecule has 68 valence electrons. The van der Waals surface area contributed by atoms with Crippen molar-refractivity contribution in [3.63, 3.8) is 0 Å². The van der Waals surface area contributed by atoms with Gasteiger partial charge in [-0.3, -0.25) is 0 Å². The summed E-state index contributed by atoms with van der Waals surface area (Å²) in [6, 6.07) is 8.25. The first-order valence-electron chi connectivity index (χ1n) is 3.42. The fourth-order valence-electron chi connectivity index (χ4n) is 0.930. The molecule has 0 amide bonds. The molecule has 1 aromatic carbocycles. The minimum absolute atomic E-state index is 0.246. The normalized spacial score (nSPS) is 10.8. The van der Waals surface area contributed by atoms with E-state index in [0.717, 1.165) is 0 Å². The second-order valence-corrected chi connectivity index (χ2v) is 5.27. The lowest BCUT2D eigenvalue weighted by molar-refractivity contribution is 0.609. The van der Waals surface area contributed by atoms with E-state index in [1.54, 1.807) is 18.2 Å². The highest BCUT2D eigenvalue weighted by molar-refractivity contribution is 8.13. The molecule has 5 heteroatoms. The van der Waals surface area contributed by atoms with Crippen molar-refractivity contribution in [2.75, 3.05) is 0 Å². The van der Waals surface area contributed by atoms with Crippen LogP contribution in [0.25, 0.3) is 0 Å². The molecule has 0 aliphatic carbocycles. The molecule has 0 aliphatic heterocycles. The van der Waals surface area contributed by atoms with Gasteiger partial charge in [0.2, 0.25) is 9.05 Å². The molecular formula is C8H6ClNO2S. The Bertz CT molecular complexity index is 447. The van der Waals surface area contributed by atoms with Crippen LogP contribution in [0.5, 0.6) is 0 Å². The standard InChI is InChI=1S/C8H6ClNO2S/c9-13(11,12)6-8-3-1-2-7(4-8)5-10/h1-4H,6H2. The van der Waals surface area contributed by atoms with Crippen LogP contribution >= 0.6 is 10.7 Å². The lowest BCUT2D eigenvalue weighted by Gasteiger charge is -1.97. The van der Waals surface area contributed by atoms with E-state index in [-0.39, 0.29) is 5.75 Å². The van der Waals surface area contributed by atoms with Crippen molar-refractivity contribution in [3.8, 4) is 6.07 Å². The molecule has 0 aromatic heterocycles. The highest BCUT2D eigenvalue weighted by atomic mass is 35.7. The minimum Gasteiger partial charge on any atom is -0.212 e. The van der Waals surface area contributed by atoms with Crippen molar-refractivity contribution in [2.45, 2.75) is 5.75 Å². The topological polar surface area (TPSA) is 57.9 Å². The summed E-state index contributed by atoms with van der Waals surface area (Å²) in [6.07, 6.45) is 0. The second-order valence-electron chi connectivity index (χ2n) is 2.50. The summed E-state index contributed by atoms with van der Waals surface area (Å²) in [5.74, 6) is -0.246. The molecule has 0 unspecified atom stereocenters. The van der Waals surface area contributed by atoms with Crippen LogP contribution in [0.2, 0.25) is 0 Å². The average Bonchev–Trinajstić information content (AvgIpc) is 2.01. The molecule has 1 aromatic rings. The first-order valence-corrected chi connectivity index (χ1v) is 5.90. The van der Waals surface area contributed by atoms with Crippen LogP contribution in [0.4, 0.5) is 0 Å². The molecule has 1 rings (SSSR count). The number of halogens is 1. The first kappa shape index (κ1) is 10.0. The Morgan fingerprint density at radius 3 is 2.69 bits per heavy atom. The van der Waals surface area contributed by atoms with Gasteiger partial charge in [-0.15, -0.1) is 0 Å². The Hall–Kier alpha value is -1.05. The van der Waals surface area contributed by atoms with E-state index in [1.165, 1.54) is 6.07 Å². The van der Waals surface area contributed by atoms with Gasteiger partial charge in [0.05, 0.1) is 17.4 Å². The van der Waals surface area contributed by atoms with E-state index in [0.29, 0.717) is 11.1 Å². The van der Waals surface area contributed by atoms with Crippen molar-refractivity contribution in [1.82, 2.24) is 0 Å². The van der Waals surface area contributed by atoms with E-state index in [2.05, 4.69) is 0 Å². The van der Waals surface area contributed by atoms with Crippen molar-refractivity contribution in [2.24, 2.45) is 0 Å². The predicted octanol–water partition coefficient (Wildman–Crippen LogP) is 1.63. The molecule has 0 N–H and O–H groups in total. The molecule has 3 nitrogen and oxygen atoms in total. The van der Waals surface area contributed by atoms with Crippen LogP contribution in [0.1, 0.15) is 11.1 Å². The molecule has 13 heavy (non-hydrogen) atoms. The summed E-state index contributed by atoms with van der Waals surface area (Å²) >= 11 is 0. The van der Waals surface area contributed by atoms with Crippen molar-refractivity contribution >= 4 is 19.7 Å². The predicted molar refractivity (Wildman–Crippen MR) is 49.6 cm³/mol. The van der Waals surface area contributed by atoms with Crippen molar-refractivity contribution in [1.29, 1.82) is 5.26 Å². The van der Waals surface area contributed by atoms with Gasteiger partial charge in [-0.2, -0.15) is 5.26 Å². The Morgan fingerprint density at radius 1 is 1.46 bits per heavy atom. The number of hydrogen-bond acceptors (Lipinski definition) is 3. The fourth-order valence-corrected chi connectivity index (χ4v) is 1.89. The van der Waals surface area contributed by atoms with Gasteiger partial charge in [-0.05, 0) is 17.7 Å². The Kier molecular flexibility index (Phi) is 2.91. The lowest BCUT2D eigenvalue weighted by atomic mass is 10.2. The van der Waals surface area contributed by atoms with Gasteiger partial charge in [0.15, 0.2) is 0 Å². The molecule has 0 radical (unpaired) electrons. The number of rotatable bonds is 2. The maximum Gasteiger partial charge on any atom is 0.236 e. The average molecular weight is 216 g/mol. The van der Waals surface area contributed by atoms with E-state index in [4.69, 9.17) is 15.9 Å². The highest BCUT2D eigenvalue weighted by Gasteiger charge is 2.06. The Labute approximate surface area is 81.0 Å². The maximum absolute atomic E-state index is 10.7. The van der Waals surface area contributed by atoms with Crippen LogP contribution in [-0.4, -0.2) is 8.42 Å². The molecule has 0 spiro atoms. The molecular weight excluding hydrogens is 210 g/mol. The third-order valence-electron chi connectivity index (χ3n) is 1.40. The van der Waals surface area contributed by atoms with Gasteiger partial charge >= 0.3 is 0 Å². The largest absolute Gasteiger partial charge is 0.236 e. The Balaban J connectivity index is 2.99. The van der Waals surface area contributed by atoms with E-state index in [1.807, 2.05) is 6.07 Å². The van der Waals surface area contributed by atoms with Gasteiger partial charge in [0, 0.05) is 10.7 Å². The number of benzene rings is 1. The van der Waals surface area contributed by atoms with E-state index in [9.17, 15) is 8.42 Å². The van der Waals surface area contributed by atoms with Crippen molar-refractivity contribution < 1.29 is 8.42 Å². The summed E-state index contributed by atoms with van der Waals surface area (Å²) < 4.78 is 21.4. The second kappa shape index (κ2) is 3.77. The van der Waals surface area contributed by atoms with Crippen LogP contribution < -0.4 is 0 Å². The SMILES string of the molecule is N#Cc1cccc(CS(=O)(=O)Cl)c1. The summed E-state index contributed by atoms with van der Waals surface area (Å²) in [7, 11) is 1.51. The smallest absolute Gasteiger partial charge is 0.212 e. The molecule has 0 heterocycles. The van der Waals surface area contributed by atoms with Gasteiger partial charge in [-0.1, -0.05) is 12.1 Å². The van der Waals surface area contributed by atoms with Crippen LogP contribution in [0.3, 0.4) is 0 Å². The van der Waals surface area contributed by atoms with Gasteiger partial charge in [0.1, 0.15) is 0 Å². The fraction of sp³-hybridized carbons (Fsp3) is 0.125. The quantitative estimate of drug-likeness (QED) is 0.705. The minimum atomic E-state index is -3.54. The number of hydrogen-bond donors (Lipinski definition) is 0. The van der Waals surface area contributed by atoms with Gasteiger partial charge < -0.3 is 0 Å². The van der Waals surface area contributed by atoms with Gasteiger partial charge in [0.25, 0.3) is 0 Å². The third-order valence-corrected chi connectivity index (χ3v) is 2.40. The maximum atomic E-state index is 10.7. The monoisotopic (exact) mass is 215 g/mol. The molecule has 0 atom stereocenters. The summed E-state index contributed by atoms with van der Waals surface area (Å²) in [6.45, 7) is 0. The molecule has 0 bridgehead atoms. The molecule has 0 aliphatic rings. The summed E-state index contributed by atoms with van der Waals surface area (Å²) in [4.78, 5) is 0. The molecule has 0 saturated carbocycles. The lowest BCUT2D eigenvalue weighted by Crippen LogP contribution is -1.94. The zero-order valence-electron chi connectivity index (χ0n) is 6.57. The van der Waals surface area contributed by atoms with Crippen molar-refractivity contribution in [3.05, 3.63) is 35.4 Å². The van der Waals surface area contributed by atoms with Gasteiger partial charge in [-0.25, -0.2) is 8.42 Å². The zero-order chi connectivity index (χ0) is 9.90. The number of nitriles is 1. The summed E-state index contributed by atoms with van der Waals surface area (Å²) in [5, 5.41) is 8.53. The third kappa shape index (κ3) is 3.45. The molecule has 0 fully saturated rings. The Morgan fingerprint density at radius 2 is 2.15 bits per heavy atom. The zero-order valence-corrected chi connectivity index (χ0v) is 8.14. The highest BCUT2D eigenvalue weighted by Crippen LogP contribution is 2.10. The van der Waals surface area contributed by atoms with Crippen LogP contribution in [-0.2, 0) is 14.8 Å². The van der Waals surface area contributed by atoms with E-state index >= 15 is 0 Å². The number of nitrogens with zero attached hydrogens (tertiary/aromatic N) is 1. The van der Waals surface area contributed by atoms with Crippen LogP contribution in [0, 0.1) is 11.3 Å². The van der Waals surface area contributed by atoms with E-state index < -0.39 is 9.05 Å². The summed E-state index contributed by atoms with van der Waals surface area (Å²) in [5.41, 5.74) is 0.951. The van der Waals surface area contributed by atoms with Crippen LogP contribution in [0.15, 0.2) is 24.3 Å². The molecule has 0 saturated heterocycles. The first-order chi connectivity index (χ1) is 6.01.